The fourth-order valence-corrected chi connectivity index (χ4v) is 2.03. The lowest BCUT2D eigenvalue weighted by atomic mass is 10.0. The van der Waals surface area contributed by atoms with Crippen molar-refractivity contribution in [1.82, 2.24) is 0 Å². The monoisotopic (exact) mass is 294 g/mol. The minimum atomic E-state index is -0.192. The zero-order chi connectivity index (χ0) is 15.7. The SMILES string of the molecule is CCOC(=O)CCCCCCC(=O)c1ccc(O)cc1O. The highest BCUT2D eigenvalue weighted by Gasteiger charge is 2.11. The van der Waals surface area contributed by atoms with E-state index in [4.69, 9.17) is 9.84 Å². The van der Waals surface area contributed by atoms with Crippen LogP contribution in [-0.4, -0.2) is 28.6 Å². The first-order valence-corrected chi connectivity index (χ1v) is 7.25. The molecule has 0 saturated carbocycles. The molecule has 116 valence electrons. The molecule has 1 aromatic carbocycles. The lowest BCUT2D eigenvalue weighted by Gasteiger charge is -2.05. The molecule has 21 heavy (non-hydrogen) atoms. The van der Waals surface area contributed by atoms with Crippen molar-refractivity contribution >= 4 is 11.8 Å². The van der Waals surface area contributed by atoms with E-state index in [9.17, 15) is 14.7 Å². The van der Waals surface area contributed by atoms with E-state index in [-0.39, 0.29) is 28.8 Å². The van der Waals surface area contributed by atoms with Gasteiger partial charge in [0, 0.05) is 18.9 Å². The molecule has 0 aliphatic heterocycles. The Morgan fingerprint density at radius 1 is 1.05 bits per heavy atom. The molecule has 5 heteroatoms. The van der Waals surface area contributed by atoms with Gasteiger partial charge in [-0.15, -0.1) is 0 Å². The Hall–Kier alpha value is -2.04. The van der Waals surface area contributed by atoms with Crippen LogP contribution in [-0.2, 0) is 9.53 Å². The summed E-state index contributed by atoms with van der Waals surface area (Å²) in [7, 11) is 0. The first-order valence-electron chi connectivity index (χ1n) is 7.25. The Bertz CT molecular complexity index is 482. The van der Waals surface area contributed by atoms with Gasteiger partial charge in [-0.1, -0.05) is 12.8 Å². The van der Waals surface area contributed by atoms with E-state index in [0.717, 1.165) is 25.3 Å². The lowest BCUT2D eigenvalue weighted by molar-refractivity contribution is -0.143. The summed E-state index contributed by atoms with van der Waals surface area (Å²) in [4.78, 5) is 23.0. The third kappa shape index (κ3) is 6.29. The molecular weight excluding hydrogens is 272 g/mol. The van der Waals surface area contributed by atoms with Crippen molar-refractivity contribution in [3.63, 3.8) is 0 Å². The molecule has 0 unspecified atom stereocenters. The minimum Gasteiger partial charge on any atom is -0.508 e. The second kappa shape index (κ2) is 9.00. The summed E-state index contributed by atoms with van der Waals surface area (Å²) in [5, 5.41) is 18.7. The van der Waals surface area contributed by atoms with Crippen LogP contribution in [0.3, 0.4) is 0 Å². The van der Waals surface area contributed by atoms with E-state index in [2.05, 4.69) is 0 Å². The molecule has 0 heterocycles. The van der Waals surface area contributed by atoms with E-state index >= 15 is 0 Å². The number of phenols is 2. The number of phenolic OH excluding ortho intramolecular Hbond substituents is 2. The summed E-state index contributed by atoms with van der Waals surface area (Å²) in [6.45, 7) is 2.19. The summed E-state index contributed by atoms with van der Waals surface area (Å²) < 4.78 is 4.83. The predicted octanol–water partition coefficient (Wildman–Crippen LogP) is 3.18. The van der Waals surface area contributed by atoms with Crippen LogP contribution in [0.15, 0.2) is 18.2 Å². The quantitative estimate of drug-likeness (QED) is 0.415. The van der Waals surface area contributed by atoms with Gasteiger partial charge in [0.1, 0.15) is 11.5 Å². The van der Waals surface area contributed by atoms with Gasteiger partial charge in [-0.05, 0) is 31.9 Å². The number of ether oxygens (including phenoxy) is 1. The molecule has 0 amide bonds. The maximum Gasteiger partial charge on any atom is 0.305 e. The number of hydrogen-bond donors (Lipinski definition) is 2. The Balaban J connectivity index is 2.21. The Morgan fingerprint density at radius 2 is 1.71 bits per heavy atom. The average molecular weight is 294 g/mol. The molecule has 0 radical (unpaired) electrons. The van der Waals surface area contributed by atoms with Crippen LogP contribution in [0, 0.1) is 0 Å². The fraction of sp³-hybridized carbons (Fsp3) is 0.500. The molecule has 0 fully saturated rings. The number of benzene rings is 1. The van der Waals surface area contributed by atoms with Crippen molar-refractivity contribution in [3.8, 4) is 11.5 Å². The highest BCUT2D eigenvalue weighted by molar-refractivity contribution is 5.98. The van der Waals surface area contributed by atoms with Crippen LogP contribution in [0.1, 0.15) is 55.8 Å². The predicted molar refractivity (Wildman–Crippen MR) is 78.4 cm³/mol. The van der Waals surface area contributed by atoms with Crippen LogP contribution in [0.4, 0.5) is 0 Å². The van der Waals surface area contributed by atoms with Crippen LogP contribution in [0.5, 0.6) is 11.5 Å². The van der Waals surface area contributed by atoms with Crippen molar-refractivity contribution in [1.29, 1.82) is 0 Å². The lowest BCUT2D eigenvalue weighted by Crippen LogP contribution is -2.03. The molecule has 0 aliphatic carbocycles. The van der Waals surface area contributed by atoms with Crippen LogP contribution in [0.25, 0.3) is 0 Å². The van der Waals surface area contributed by atoms with Gasteiger partial charge in [-0.2, -0.15) is 0 Å². The molecular formula is C16H22O5. The number of ketones is 1. The second-order valence-electron chi connectivity index (χ2n) is 4.84. The number of carbonyl (C=O) groups is 2. The van der Waals surface area contributed by atoms with E-state index in [1.165, 1.54) is 12.1 Å². The Labute approximate surface area is 124 Å². The molecule has 0 aromatic heterocycles. The van der Waals surface area contributed by atoms with Gasteiger partial charge >= 0.3 is 5.97 Å². The van der Waals surface area contributed by atoms with Crippen molar-refractivity contribution in [2.75, 3.05) is 6.61 Å². The third-order valence-electron chi connectivity index (χ3n) is 3.12. The van der Waals surface area contributed by atoms with Crippen molar-refractivity contribution in [3.05, 3.63) is 23.8 Å². The average Bonchev–Trinajstić information content (AvgIpc) is 2.42. The standard InChI is InChI=1S/C16H22O5/c1-2-21-16(20)8-6-4-3-5-7-14(18)13-10-9-12(17)11-15(13)19/h9-11,17,19H,2-8H2,1H3. The van der Waals surface area contributed by atoms with Crippen molar-refractivity contribution in [2.24, 2.45) is 0 Å². The summed E-state index contributed by atoms with van der Waals surface area (Å²) >= 11 is 0. The smallest absolute Gasteiger partial charge is 0.305 e. The van der Waals surface area contributed by atoms with Crippen LogP contribution < -0.4 is 0 Å². The second-order valence-corrected chi connectivity index (χ2v) is 4.84. The van der Waals surface area contributed by atoms with Gasteiger partial charge < -0.3 is 14.9 Å². The molecule has 0 atom stereocenters. The molecule has 0 saturated heterocycles. The summed E-state index contributed by atoms with van der Waals surface area (Å²) in [6.07, 6.45) is 3.95. The van der Waals surface area contributed by atoms with Gasteiger partial charge in [0.15, 0.2) is 5.78 Å². The Kier molecular flexibility index (Phi) is 7.29. The molecule has 0 spiro atoms. The van der Waals surface area contributed by atoms with Gasteiger partial charge in [-0.3, -0.25) is 9.59 Å². The van der Waals surface area contributed by atoms with E-state index in [0.29, 0.717) is 25.9 Å². The molecule has 0 aliphatic rings. The largest absolute Gasteiger partial charge is 0.508 e. The number of rotatable bonds is 9. The topological polar surface area (TPSA) is 83.8 Å². The number of Topliss-reactive ketones (excluding diaryl/α,β-unsaturated/α-hetero) is 1. The Morgan fingerprint density at radius 3 is 2.33 bits per heavy atom. The first kappa shape index (κ1) is 17.0. The zero-order valence-corrected chi connectivity index (χ0v) is 12.3. The molecule has 5 nitrogen and oxygen atoms in total. The highest BCUT2D eigenvalue weighted by Crippen LogP contribution is 2.24. The normalized spacial score (nSPS) is 10.3. The highest BCUT2D eigenvalue weighted by atomic mass is 16.5. The zero-order valence-electron chi connectivity index (χ0n) is 12.3. The number of hydrogen-bond acceptors (Lipinski definition) is 5. The number of carbonyl (C=O) groups excluding carboxylic acids is 2. The van der Waals surface area contributed by atoms with Gasteiger partial charge in [0.25, 0.3) is 0 Å². The fourth-order valence-electron chi connectivity index (χ4n) is 2.03. The summed E-state index contributed by atoms with van der Waals surface area (Å²) in [5.41, 5.74) is 0.235. The summed E-state index contributed by atoms with van der Waals surface area (Å²) in [5.74, 6) is -0.578. The minimum absolute atomic E-state index is 0.0667. The number of unbranched alkanes of at least 4 members (excludes halogenated alkanes) is 3. The molecule has 1 rings (SSSR count). The summed E-state index contributed by atoms with van der Waals surface area (Å²) in [6, 6.07) is 3.96. The van der Waals surface area contributed by atoms with Crippen molar-refractivity contribution < 1.29 is 24.5 Å². The third-order valence-corrected chi connectivity index (χ3v) is 3.12. The van der Waals surface area contributed by atoms with Crippen LogP contribution >= 0.6 is 0 Å². The molecule has 0 bridgehead atoms. The van der Waals surface area contributed by atoms with Crippen molar-refractivity contribution in [2.45, 2.75) is 45.4 Å². The van der Waals surface area contributed by atoms with Crippen LogP contribution in [0.2, 0.25) is 0 Å². The van der Waals surface area contributed by atoms with Gasteiger partial charge in [-0.25, -0.2) is 0 Å². The first-order chi connectivity index (χ1) is 10.0. The maximum atomic E-state index is 11.9. The molecule has 1 aromatic rings. The maximum absolute atomic E-state index is 11.9. The number of esters is 1. The van der Waals surface area contributed by atoms with Gasteiger partial charge in [0.05, 0.1) is 12.2 Å². The molecule has 2 N–H and O–H groups in total. The van der Waals surface area contributed by atoms with E-state index < -0.39 is 0 Å². The number of aromatic hydroxyl groups is 2. The van der Waals surface area contributed by atoms with E-state index in [1.54, 1.807) is 6.92 Å². The van der Waals surface area contributed by atoms with E-state index in [1.807, 2.05) is 0 Å². The van der Waals surface area contributed by atoms with Gasteiger partial charge in [0.2, 0.25) is 0 Å².